The summed E-state index contributed by atoms with van der Waals surface area (Å²) in [6.45, 7) is -2.54. The smallest absolute Gasteiger partial charge is 0.387 e. The summed E-state index contributed by atoms with van der Waals surface area (Å²) in [7, 11) is 0. The number of halogens is 2. The van der Waals surface area contributed by atoms with Gasteiger partial charge in [0.15, 0.2) is 11.5 Å². The number of hydrogen-bond acceptors (Lipinski definition) is 5. The lowest BCUT2D eigenvalue weighted by atomic mass is 10.2. The van der Waals surface area contributed by atoms with E-state index in [1.807, 2.05) is 0 Å². The van der Waals surface area contributed by atoms with Gasteiger partial charge in [-0.2, -0.15) is 18.6 Å². The van der Waals surface area contributed by atoms with Crippen LogP contribution >= 0.6 is 0 Å². The fourth-order valence-corrected chi connectivity index (χ4v) is 1.88. The Balaban J connectivity index is 1.84. The number of nitrogens with zero attached hydrogens (tertiary/aromatic N) is 3. The highest BCUT2D eigenvalue weighted by Gasteiger charge is 2.23. The minimum absolute atomic E-state index is 0.0919. The molecule has 1 fully saturated rings. The minimum Gasteiger partial charge on any atom is -0.489 e. The highest BCUT2D eigenvalue weighted by molar-refractivity contribution is 5.95. The first-order valence-electron chi connectivity index (χ1n) is 6.74. The lowest BCUT2D eigenvalue weighted by Crippen LogP contribution is -2.13. The third-order valence-corrected chi connectivity index (χ3v) is 3.21. The Kier molecular flexibility index (Phi) is 3.99. The molecule has 0 amide bonds. The zero-order chi connectivity index (χ0) is 15.5. The second-order valence-electron chi connectivity index (χ2n) is 4.94. The van der Waals surface area contributed by atoms with Crippen molar-refractivity contribution in [3.8, 4) is 11.5 Å². The molecule has 1 heterocycles. The van der Waals surface area contributed by atoms with E-state index in [0.29, 0.717) is 12.5 Å². The normalized spacial score (nSPS) is 14.1. The molecule has 1 saturated carbocycles. The Morgan fingerprint density at radius 1 is 1.36 bits per heavy atom. The Morgan fingerprint density at radius 3 is 2.82 bits per heavy atom. The first-order valence-corrected chi connectivity index (χ1v) is 6.74. The van der Waals surface area contributed by atoms with Crippen molar-refractivity contribution < 1.29 is 23.0 Å². The van der Waals surface area contributed by atoms with Gasteiger partial charge in [-0.15, -0.1) is 0 Å². The number of carbonyl (C=O) groups excluding carboxylic acids is 1. The number of carbonyl (C=O) groups is 1. The van der Waals surface area contributed by atoms with Crippen LogP contribution in [-0.4, -0.2) is 33.9 Å². The molecule has 1 aliphatic rings. The lowest BCUT2D eigenvalue weighted by molar-refractivity contribution is -0.0515. The lowest BCUT2D eigenvalue weighted by Gasteiger charge is -2.13. The van der Waals surface area contributed by atoms with E-state index in [-0.39, 0.29) is 17.1 Å². The van der Waals surface area contributed by atoms with Gasteiger partial charge in [0.05, 0.1) is 6.61 Å². The third kappa shape index (κ3) is 3.38. The molecule has 0 aliphatic heterocycles. The highest BCUT2D eigenvalue weighted by Crippen LogP contribution is 2.34. The predicted octanol–water partition coefficient (Wildman–Crippen LogP) is 2.36. The van der Waals surface area contributed by atoms with Gasteiger partial charge in [0.25, 0.3) is 5.91 Å². The van der Waals surface area contributed by atoms with Gasteiger partial charge in [-0.3, -0.25) is 4.79 Å². The summed E-state index contributed by atoms with van der Waals surface area (Å²) in [5.74, 6) is 0.0374. The Labute approximate surface area is 124 Å². The molecule has 1 aromatic heterocycles. The zero-order valence-electron chi connectivity index (χ0n) is 11.5. The van der Waals surface area contributed by atoms with E-state index in [1.54, 1.807) is 0 Å². The second kappa shape index (κ2) is 6.08. The van der Waals surface area contributed by atoms with E-state index < -0.39 is 12.5 Å². The van der Waals surface area contributed by atoms with Crippen LogP contribution in [0.2, 0.25) is 0 Å². The molecule has 116 valence electrons. The van der Waals surface area contributed by atoms with Gasteiger partial charge in [-0.1, -0.05) is 0 Å². The van der Waals surface area contributed by atoms with Crippen molar-refractivity contribution in [2.45, 2.75) is 19.5 Å². The average molecular weight is 309 g/mol. The van der Waals surface area contributed by atoms with Gasteiger partial charge >= 0.3 is 6.61 Å². The van der Waals surface area contributed by atoms with Crippen LogP contribution in [0.3, 0.4) is 0 Å². The number of alkyl halides is 2. The summed E-state index contributed by atoms with van der Waals surface area (Å²) in [4.78, 5) is 15.9. The summed E-state index contributed by atoms with van der Waals surface area (Å²) in [5.41, 5.74) is 0.248. The second-order valence-corrected chi connectivity index (χ2v) is 4.94. The van der Waals surface area contributed by atoms with Gasteiger partial charge < -0.3 is 9.47 Å². The van der Waals surface area contributed by atoms with Crippen molar-refractivity contribution >= 4 is 5.91 Å². The standard InChI is InChI=1S/C14H13F2N3O3/c15-14(16)22-11-4-3-10(13(20)19-8-17-7-18-19)5-12(11)21-6-9-1-2-9/h3-5,7-9,14H,1-2,6H2. The monoisotopic (exact) mass is 309 g/mol. The summed E-state index contributed by atoms with van der Waals surface area (Å²) in [6.07, 6.45) is 4.61. The fourth-order valence-electron chi connectivity index (χ4n) is 1.88. The van der Waals surface area contributed by atoms with Crippen molar-refractivity contribution in [3.05, 3.63) is 36.4 Å². The fraction of sp³-hybridized carbons (Fsp3) is 0.357. The van der Waals surface area contributed by atoms with Gasteiger partial charge in [-0.05, 0) is 37.0 Å². The molecular weight excluding hydrogens is 296 g/mol. The van der Waals surface area contributed by atoms with Gasteiger partial charge in [0.2, 0.25) is 0 Å². The number of rotatable bonds is 6. The van der Waals surface area contributed by atoms with Gasteiger partial charge in [-0.25, -0.2) is 4.98 Å². The first kappa shape index (κ1) is 14.4. The zero-order valence-corrected chi connectivity index (χ0v) is 11.5. The maximum absolute atomic E-state index is 12.4. The Hall–Kier alpha value is -2.51. The number of benzene rings is 1. The minimum atomic E-state index is -2.96. The van der Waals surface area contributed by atoms with Crippen LogP contribution in [0.25, 0.3) is 0 Å². The van der Waals surface area contributed by atoms with Crippen molar-refractivity contribution in [2.75, 3.05) is 6.61 Å². The van der Waals surface area contributed by atoms with Crippen LogP contribution in [0.15, 0.2) is 30.9 Å². The van der Waals surface area contributed by atoms with E-state index in [1.165, 1.54) is 30.9 Å². The van der Waals surface area contributed by atoms with Crippen LogP contribution in [0.1, 0.15) is 23.2 Å². The quantitative estimate of drug-likeness (QED) is 0.819. The molecule has 2 aromatic rings. The van der Waals surface area contributed by atoms with Crippen molar-refractivity contribution in [1.82, 2.24) is 14.8 Å². The number of hydrogen-bond donors (Lipinski definition) is 0. The molecule has 0 spiro atoms. The van der Waals surface area contributed by atoms with Crippen molar-refractivity contribution in [3.63, 3.8) is 0 Å². The summed E-state index contributed by atoms with van der Waals surface area (Å²) < 4.78 is 35.8. The average Bonchev–Trinajstić information content (AvgIpc) is 3.16. The maximum atomic E-state index is 12.4. The summed E-state index contributed by atoms with van der Waals surface area (Å²) in [6, 6.07) is 4.05. The van der Waals surface area contributed by atoms with Crippen molar-refractivity contribution in [2.24, 2.45) is 5.92 Å². The van der Waals surface area contributed by atoms with Gasteiger partial charge in [0.1, 0.15) is 12.7 Å². The molecule has 22 heavy (non-hydrogen) atoms. The van der Waals surface area contributed by atoms with E-state index in [0.717, 1.165) is 17.5 Å². The third-order valence-electron chi connectivity index (χ3n) is 3.21. The van der Waals surface area contributed by atoms with Crippen molar-refractivity contribution in [1.29, 1.82) is 0 Å². The predicted molar refractivity (Wildman–Crippen MR) is 71.0 cm³/mol. The molecule has 6 nitrogen and oxygen atoms in total. The van der Waals surface area contributed by atoms with Crippen LogP contribution in [0.4, 0.5) is 8.78 Å². The maximum Gasteiger partial charge on any atom is 0.387 e. The van der Waals surface area contributed by atoms with E-state index in [9.17, 15) is 13.6 Å². The van der Waals surface area contributed by atoms with Gasteiger partial charge in [0, 0.05) is 5.56 Å². The number of ether oxygens (including phenoxy) is 2. The Bertz CT molecular complexity index is 657. The molecule has 0 N–H and O–H groups in total. The molecule has 1 aliphatic carbocycles. The van der Waals surface area contributed by atoms with Crippen LogP contribution in [0.5, 0.6) is 11.5 Å². The van der Waals surface area contributed by atoms with Crippen LogP contribution < -0.4 is 9.47 Å². The summed E-state index contributed by atoms with van der Waals surface area (Å²) in [5, 5.41) is 3.74. The molecule has 3 rings (SSSR count). The Morgan fingerprint density at radius 2 is 2.18 bits per heavy atom. The number of aromatic nitrogens is 3. The molecule has 0 atom stereocenters. The topological polar surface area (TPSA) is 66.2 Å². The SMILES string of the molecule is O=C(c1ccc(OC(F)F)c(OCC2CC2)c1)n1cncn1. The van der Waals surface area contributed by atoms with Crippen LogP contribution in [0, 0.1) is 5.92 Å². The molecule has 0 unspecified atom stereocenters. The summed E-state index contributed by atoms with van der Waals surface area (Å²) >= 11 is 0. The highest BCUT2D eigenvalue weighted by atomic mass is 19.3. The molecule has 0 radical (unpaired) electrons. The first-order chi connectivity index (χ1) is 10.6. The van der Waals surface area contributed by atoms with Crippen LogP contribution in [-0.2, 0) is 0 Å². The molecule has 0 saturated heterocycles. The largest absolute Gasteiger partial charge is 0.489 e. The van der Waals surface area contributed by atoms with E-state index in [2.05, 4.69) is 14.8 Å². The molecular formula is C14H13F2N3O3. The molecule has 0 bridgehead atoms. The molecule has 1 aromatic carbocycles. The molecule has 8 heteroatoms. The van der Waals surface area contributed by atoms with E-state index in [4.69, 9.17) is 4.74 Å². The van der Waals surface area contributed by atoms with E-state index >= 15 is 0 Å².